The molecule has 1 fully saturated rings. The normalized spacial score (nSPS) is 23.7. The van der Waals surface area contributed by atoms with Crippen molar-refractivity contribution in [1.82, 2.24) is 15.1 Å². The standard InChI is InChI=1S/C20H30FN3O2/c1-13(2)12-20(14-8-10-15(21)11-9-14)17(25)23(7)16(19(3,4)5)24(20)18(26)22-6/h8-11,13,16H,12H2,1-7H3,(H,22,26)/t16-,20-/m1/s1. The number of rotatable bonds is 3. The van der Waals surface area contributed by atoms with E-state index in [9.17, 15) is 14.0 Å². The molecular weight excluding hydrogens is 333 g/mol. The average Bonchev–Trinajstić information content (AvgIpc) is 2.76. The largest absolute Gasteiger partial charge is 0.341 e. The molecule has 1 heterocycles. The van der Waals surface area contributed by atoms with Crippen molar-refractivity contribution < 1.29 is 14.0 Å². The number of hydrogen-bond donors (Lipinski definition) is 1. The summed E-state index contributed by atoms with van der Waals surface area (Å²) in [5.74, 6) is -0.351. The molecule has 26 heavy (non-hydrogen) atoms. The predicted molar refractivity (Wildman–Crippen MR) is 99.8 cm³/mol. The summed E-state index contributed by atoms with van der Waals surface area (Å²) in [6, 6.07) is 5.61. The van der Waals surface area contributed by atoms with Gasteiger partial charge < -0.3 is 10.2 Å². The van der Waals surface area contributed by atoms with Crippen LogP contribution in [-0.4, -0.2) is 42.0 Å². The number of nitrogens with zero attached hydrogens (tertiary/aromatic N) is 2. The zero-order chi connectivity index (χ0) is 19.9. The van der Waals surface area contributed by atoms with Crippen LogP contribution in [0.2, 0.25) is 0 Å². The van der Waals surface area contributed by atoms with E-state index in [0.29, 0.717) is 12.0 Å². The van der Waals surface area contributed by atoms with E-state index < -0.39 is 11.7 Å². The first-order valence-electron chi connectivity index (χ1n) is 9.01. The first-order valence-corrected chi connectivity index (χ1v) is 9.01. The molecule has 0 bridgehead atoms. The number of amides is 3. The van der Waals surface area contributed by atoms with Gasteiger partial charge in [0, 0.05) is 19.5 Å². The topological polar surface area (TPSA) is 52.7 Å². The Morgan fingerprint density at radius 1 is 1.27 bits per heavy atom. The molecule has 3 amide bonds. The van der Waals surface area contributed by atoms with Gasteiger partial charge in [-0.2, -0.15) is 0 Å². The molecular formula is C20H30FN3O2. The van der Waals surface area contributed by atoms with Gasteiger partial charge in [-0.05, 0) is 30.0 Å². The van der Waals surface area contributed by atoms with E-state index in [4.69, 9.17) is 0 Å². The van der Waals surface area contributed by atoms with Gasteiger partial charge in [0.2, 0.25) is 0 Å². The summed E-state index contributed by atoms with van der Waals surface area (Å²) in [5.41, 5.74) is -0.871. The van der Waals surface area contributed by atoms with Crippen LogP contribution in [0.3, 0.4) is 0 Å². The first-order chi connectivity index (χ1) is 12.0. The lowest BCUT2D eigenvalue weighted by molar-refractivity contribution is -0.134. The van der Waals surface area contributed by atoms with Crippen molar-refractivity contribution in [3.8, 4) is 0 Å². The van der Waals surface area contributed by atoms with Crippen molar-refractivity contribution >= 4 is 11.9 Å². The van der Waals surface area contributed by atoms with Crippen molar-refractivity contribution in [1.29, 1.82) is 0 Å². The minimum Gasteiger partial charge on any atom is -0.341 e. The summed E-state index contributed by atoms with van der Waals surface area (Å²) in [6.45, 7) is 10.1. The van der Waals surface area contributed by atoms with E-state index in [1.165, 1.54) is 12.1 Å². The summed E-state index contributed by atoms with van der Waals surface area (Å²) in [6.07, 6.45) is 0.0423. The number of benzene rings is 1. The van der Waals surface area contributed by atoms with Crippen LogP contribution in [-0.2, 0) is 10.3 Å². The van der Waals surface area contributed by atoms with Crippen molar-refractivity contribution in [2.24, 2.45) is 11.3 Å². The fourth-order valence-electron chi connectivity index (χ4n) is 4.14. The summed E-state index contributed by atoms with van der Waals surface area (Å²) >= 11 is 0. The number of carbonyl (C=O) groups excluding carboxylic acids is 2. The highest BCUT2D eigenvalue weighted by Gasteiger charge is 2.61. The van der Waals surface area contributed by atoms with Crippen LogP contribution in [0.25, 0.3) is 0 Å². The number of carbonyl (C=O) groups is 2. The summed E-state index contributed by atoms with van der Waals surface area (Å²) in [5, 5.41) is 2.69. The molecule has 6 heteroatoms. The van der Waals surface area contributed by atoms with Crippen LogP contribution in [0.4, 0.5) is 9.18 Å². The Hall–Kier alpha value is -2.11. The highest BCUT2D eigenvalue weighted by molar-refractivity contribution is 5.95. The molecule has 5 nitrogen and oxygen atoms in total. The molecule has 0 spiro atoms. The van der Waals surface area contributed by atoms with Crippen LogP contribution in [0.5, 0.6) is 0 Å². The van der Waals surface area contributed by atoms with E-state index >= 15 is 0 Å². The van der Waals surface area contributed by atoms with Gasteiger partial charge in [-0.3, -0.25) is 9.69 Å². The zero-order valence-corrected chi connectivity index (χ0v) is 16.8. The molecule has 0 aliphatic carbocycles. The van der Waals surface area contributed by atoms with E-state index in [1.54, 1.807) is 36.0 Å². The van der Waals surface area contributed by atoms with Crippen molar-refractivity contribution in [3.05, 3.63) is 35.6 Å². The van der Waals surface area contributed by atoms with Crippen molar-refractivity contribution in [3.63, 3.8) is 0 Å². The number of nitrogens with one attached hydrogen (secondary N) is 1. The maximum absolute atomic E-state index is 13.5. The molecule has 1 aliphatic rings. The highest BCUT2D eigenvalue weighted by Crippen LogP contribution is 2.47. The maximum atomic E-state index is 13.5. The predicted octanol–water partition coefficient (Wildman–Crippen LogP) is 3.55. The number of likely N-dealkylation sites (N-methyl/N-ethyl adjacent to an activating group) is 1. The second kappa shape index (κ2) is 6.89. The lowest BCUT2D eigenvalue weighted by Gasteiger charge is -2.43. The van der Waals surface area contributed by atoms with Gasteiger partial charge in [0.25, 0.3) is 5.91 Å². The first kappa shape index (κ1) is 20.2. The zero-order valence-electron chi connectivity index (χ0n) is 16.8. The fraction of sp³-hybridized carbons (Fsp3) is 0.600. The van der Waals surface area contributed by atoms with Gasteiger partial charge in [0.05, 0.1) is 0 Å². The Bertz CT molecular complexity index is 681. The molecule has 2 rings (SSSR count). The molecule has 0 saturated carbocycles. The quantitative estimate of drug-likeness (QED) is 0.893. The van der Waals surface area contributed by atoms with Gasteiger partial charge in [0.15, 0.2) is 5.54 Å². The van der Waals surface area contributed by atoms with Crippen molar-refractivity contribution in [2.45, 2.75) is 52.7 Å². The Morgan fingerprint density at radius 2 is 1.81 bits per heavy atom. The van der Waals surface area contributed by atoms with Gasteiger partial charge in [-0.25, -0.2) is 9.18 Å². The summed E-state index contributed by atoms with van der Waals surface area (Å²) in [7, 11) is 3.30. The Labute approximate surface area is 155 Å². The summed E-state index contributed by atoms with van der Waals surface area (Å²) < 4.78 is 13.5. The monoisotopic (exact) mass is 363 g/mol. The molecule has 1 saturated heterocycles. The maximum Gasteiger partial charge on any atom is 0.319 e. The molecule has 1 N–H and O–H groups in total. The number of urea groups is 1. The van der Waals surface area contributed by atoms with E-state index in [1.807, 2.05) is 34.6 Å². The highest BCUT2D eigenvalue weighted by atomic mass is 19.1. The molecule has 0 unspecified atom stereocenters. The van der Waals surface area contributed by atoms with Crippen LogP contribution < -0.4 is 5.32 Å². The second-order valence-electron chi connectivity index (χ2n) is 8.55. The lowest BCUT2D eigenvalue weighted by Crippen LogP contribution is -2.57. The third-order valence-electron chi connectivity index (χ3n) is 4.93. The van der Waals surface area contributed by atoms with E-state index in [-0.39, 0.29) is 29.1 Å². The van der Waals surface area contributed by atoms with E-state index in [0.717, 1.165) is 0 Å². The van der Waals surface area contributed by atoms with E-state index in [2.05, 4.69) is 5.32 Å². The number of hydrogen-bond acceptors (Lipinski definition) is 2. The molecule has 1 aromatic carbocycles. The SMILES string of the molecule is CNC(=O)N1[C@H](C(C)(C)C)N(C)C(=O)[C@@]1(CC(C)C)c1ccc(F)cc1. The molecule has 0 radical (unpaired) electrons. The molecule has 144 valence electrons. The number of halogens is 1. The minimum absolute atomic E-state index is 0.138. The van der Waals surface area contributed by atoms with Crippen LogP contribution in [0, 0.1) is 17.2 Å². The molecule has 1 aliphatic heterocycles. The second-order valence-corrected chi connectivity index (χ2v) is 8.55. The lowest BCUT2D eigenvalue weighted by atomic mass is 9.80. The van der Waals surface area contributed by atoms with Gasteiger partial charge >= 0.3 is 6.03 Å². The third kappa shape index (κ3) is 3.17. The van der Waals surface area contributed by atoms with Crippen LogP contribution in [0.15, 0.2) is 24.3 Å². The van der Waals surface area contributed by atoms with Crippen LogP contribution >= 0.6 is 0 Å². The Balaban J connectivity index is 2.78. The average molecular weight is 363 g/mol. The van der Waals surface area contributed by atoms with Gasteiger partial charge in [0.1, 0.15) is 12.0 Å². The minimum atomic E-state index is -1.16. The molecule has 2 atom stereocenters. The Kier molecular flexibility index (Phi) is 5.36. The van der Waals surface area contributed by atoms with Crippen LogP contribution in [0.1, 0.15) is 46.6 Å². The molecule has 0 aromatic heterocycles. The van der Waals surface area contributed by atoms with Crippen molar-refractivity contribution in [2.75, 3.05) is 14.1 Å². The Morgan fingerprint density at radius 3 is 2.23 bits per heavy atom. The van der Waals surface area contributed by atoms with Gasteiger partial charge in [-0.1, -0.05) is 46.8 Å². The van der Waals surface area contributed by atoms with Gasteiger partial charge in [-0.15, -0.1) is 0 Å². The smallest absolute Gasteiger partial charge is 0.319 e. The summed E-state index contributed by atoms with van der Waals surface area (Å²) in [4.78, 5) is 29.8. The molecule has 1 aromatic rings. The third-order valence-corrected chi connectivity index (χ3v) is 4.93. The fourth-order valence-corrected chi connectivity index (χ4v) is 4.14.